The van der Waals surface area contributed by atoms with Crippen molar-refractivity contribution < 1.29 is 4.79 Å². The van der Waals surface area contributed by atoms with Crippen LogP contribution in [-0.4, -0.2) is 37.0 Å². The van der Waals surface area contributed by atoms with Gasteiger partial charge in [-0.2, -0.15) is 0 Å². The molecule has 0 radical (unpaired) electrons. The highest BCUT2D eigenvalue weighted by Crippen LogP contribution is 2.27. The first-order valence-corrected chi connectivity index (χ1v) is 8.45. The first kappa shape index (κ1) is 14.6. The molecule has 2 aliphatic rings. The summed E-state index contributed by atoms with van der Waals surface area (Å²) in [4.78, 5) is 17.1. The normalized spacial score (nSPS) is 19.9. The fourth-order valence-electron chi connectivity index (χ4n) is 3.54. The van der Waals surface area contributed by atoms with E-state index in [1.807, 2.05) is 11.0 Å². The minimum absolute atomic E-state index is 0.298. The maximum absolute atomic E-state index is 12.6. The molecule has 1 aromatic carbocycles. The molecule has 0 aromatic heterocycles. The van der Waals surface area contributed by atoms with E-state index in [2.05, 4.69) is 23.1 Å². The number of fused-ring (bicyclic) bond motifs is 1. The van der Waals surface area contributed by atoms with Crippen LogP contribution in [-0.2, 0) is 11.2 Å². The van der Waals surface area contributed by atoms with E-state index in [0.29, 0.717) is 12.3 Å². The summed E-state index contributed by atoms with van der Waals surface area (Å²) in [7, 11) is 0. The van der Waals surface area contributed by atoms with E-state index < -0.39 is 0 Å². The lowest BCUT2D eigenvalue weighted by Crippen LogP contribution is -2.38. The van der Waals surface area contributed by atoms with E-state index in [0.717, 1.165) is 31.6 Å². The lowest BCUT2D eigenvalue weighted by atomic mass is 10.0. The third-order valence-corrected chi connectivity index (χ3v) is 4.75. The van der Waals surface area contributed by atoms with Gasteiger partial charge in [0.1, 0.15) is 0 Å². The number of amides is 1. The number of aryl methyl sites for hydroxylation is 1. The monoisotopic (exact) mass is 286 g/mol. The molecule has 0 spiro atoms. The number of hydrogen-bond donors (Lipinski definition) is 0. The molecule has 0 unspecified atom stereocenters. The molecule has 3 rings (SSSR count). The first-order valence-electron chi connectivity index (χ1n) is 8.45. The number of hydrogen-bond acceptors (Lipinski definition) is 2. The number of rotatable bonds is 3. The number of anilines is 1. The Labute approximate surface area is 127 Å². The van der Waals surface area contributed by atoms with Crippen LogP contribution >= 0.6 is 0 Å². The third kappa shape index (κ3) is 3.65. The number of benzene rings is 1. The molecule has 0 bridgehead atoms. The van der Waals surface area contributed by atoms with Gasteiger partial charge in [-0.25, -0.2) is 0 Å². The molecule has 0 saturated carbocycles. The van der Waals surface area contributed by atoms with Crippen molar-refractivity contribution in [1.29, 1.82) is 0 Å². The summed E-state index contributed by atoms with van der Waals surface area (Å²) in [5, 5.41) is 0. The summed E-state index contributed by atoms with van der Waals surface area (Å²) in [6, 6.07) is 8.37. The number of nitrogens with zero attached hydrogens (tertiary/aromatic N) is 2. The zero-order valence-corrected chi connectivity index (χ0v) is 12.9. The molecule has 3 heteroatoms. The number of likely N-dealkylation sites (tertiary alicyclic amines) is 1. The highest BCUT2D eigenvalue weighted by molar-refractivity contribution is 5.94. The Kier molecular flexibility index (Phi) is 4.91. The van der Waals surface area contributed by atoms with Gasteiger partial charge in [0.25, 0.3) is 0 Å². The van der Waals surface area contributed by atoms with Gasteiger partial charge in [0.05, 0.1) is 0 Å². The van der Waals surface area contributed by atoms with Gasteiger partial charge in [0.15, 0.2) is 0 Å². The summed E-state index contributed by atoms with van der Waals surface area (Å²) in [5.41, 5.74) is 2.47. The van der Waals surface area contributed by atoms with E-state index >= 15 is 0 Å². The number of para-hydroxylation sites is 1. The molecule has 3 nitrogen and oxygen atoms in total. The molecule has 0 N–H and O–H groups in total. The second-order valence-electron chi connectivity index (χ2n) is 6.28. The predicted molar refractivity (Wildman–Crippen MR) is 86.6 cm³/mol. The SMILES string of the molecule is O=C(CCN1CCCCCC1)N1CCCc2ccccc21. The Morgan fingerprint density at radius 1 is 0.952 bits per heavy atom. The van der Waals surface area contributed by atoms with E-state index in [1.165, 1.54) is 44.3 Å². The minimum atomic E-state index is 0.298. The van der Waals surface area contributed by atoms with Gasteiger partial charge in [-0.15, -0.1) is 0 Å². The molecule has 1 aromatic rings. The zero-order valence-electron chi connectivity index (χ0n) is 12.9. The van der Waals surface area contributed by atoms with Gasteiger partial charge in [-0.1, -0.05) is 31.0 Å². The fraction of sp³-hybridized carbons (Fsp3) is 0.611. The molecule has 1 saturated heterocycles. The van der Waals surface area contributed by atoms with Gasteiger partial charge in [0.2, 0.25) is 5.91 Å². The predicted octanol–water partition coefficient (Wildman–Crippen LogP) is 3.23. The van der Waals surface area contributed by atoms with E-state index in [4.69, 9.17) is 0 Å². The summed E-state index contributed by atoms with van der Waals surface area (Å²) >= 11 is 0. The van der Waals surface area contributed by atoms with Crippen molar-refractivity contribution >= 4 is 11.6 Å². The lowest BCUT2D eigenvalue weighted by Gasteiger charge is -2.30. The lowest BCUT2D eigenvalue weighted by molar-refractivity contribution is -0.119. The molecule has 0 aliphatic carbocycles. The van der Waals surface area contributed by atoms with Crippen molar-refractivity contribution in [3.05, 3.63) is 29.8 Å². The van der Waals surface area contributed by atoms with Crippen molar-refractivity contribution in [2.24, 2.45) is 0 Å². The van der Waals surface area contributed by atoms with Crippen molar-refractivity contribution in [3.63, 3.8) is 0 Å². The summed E-state index contributed by atoms with van der Waals surface area (Å²) in [6.07, 6.45) is 8.14. The quantitative estimate of drug-likeness (QED) is 0.851. The van der Waals surface area contributed by atoms with Gasteiger partial charge < -0.3 is 9.80 Å². The van der Waals surface area contributed by atoms with Crippen LogP contribution in [0.25, 0.3) is 0 Å². The van der Waals surface area contributed by atoms with Crippen LogP contribution in [0.5, 0.6) is 0 Å². The second kappa shape index (κ2) is 7.08. The highest BCUT2D eigenvalue weighted by Gasteiger charge is 2.22. The molecular weight excluding hydrogens is 260 g/mol. The van der Waals surface area contributed by atoms with Crippen LogP contribution in [0.1, 0.15) is 44.1 Å². The fourth-order valence-corrected chi connectivity index (χ4v) is 3.54. The molecule has 2 heterocycles. The first-order chi connectivity index (χ1) is 10.3. The molecule has 0 atom stereocenters. The van der Waals surface area contributed by atoms with Crippen LogP contribution < -0.4 is 4.90 Å². The maximum atomic E-state index is 12.6. The largest absolute Gasteiger partial charge is 0.312 e. The van der Waals surface area contributed by atoms with Gasteiger partial charge >= 0.3 is 0 Å². The van der Waals surface area contributed by atoms with E-state index in [1.54, 1.807) is 0 Å². The Morgan fingerprint density at radius 2 is 1.71 bits per heavy atom. The molecule has 2 aliphatic heterocycles. The Morgan fingerprint density at radius 3 is 2.52 bits per heavy atom. The average molecular weight is 286 g/mol. The molecular formula is C18H26N2O. The van der Waals surface area contributed by atoms with Gasteiger partial charge in [-0.3, -0.25) is 4.79 Å². The topological polar surface area (TPSA) is 23.6 Å². The Balaban J connectivity index is 1.58. The van der Waals surface area contributed by atoms with Gasteiger partial charge in [-0.05, 0) is 50.4 Å². The maximum Gasteiger partial charge on any atom is 0.228 e. The zero-order chi connectivity index (χ0) is 14.5. The van der Waals surface area contributed by atoms with Crippen molar-refractivity contribution in [3.8, 4) is 0 Å². The number of carbonyl (C=O) groups excluding carboxylic acids is 1. The average Bonchev–Trinajstić information content (AvgIpc) is 2.81. The van der Waals surface area contributed by atoms with Crippen LogP contribution in [0.2, 0.25) is 0 Å². The van der Waals surface area contributed by atoms with Crippen molar-refractivity contribution in [2.45, 2.75) is 44.9 Å². The van der Waals surface area contributed by atoms with Crippen LogP contribution in [0.15, 0.2) is 24.3 Å². The smallest absolute Gasteiger partial charge is 0.228 e. The highest BCUT2D eigenvalue weighted by atomic mass is 16.2. The molecule has 114 valence electrons. The Bertz CT molecular complexity index is 478. The van der Waals surface area contributed by atoms with Crippen molar-refractivity contribution in [2.75, 3.05) is 31.1 Å². The van der Waals surface area contributed by atoms with Crippen LogP contribution in [0.3, 0.4) is 0 Å². The van der Waals surface area contributed by atoms with Crippen LogP contribution in [0, 0.1) is 0 Å². The summed E-state index contributed by atoms with van der Waals surface area (Å²) in [6.45, 7) is 4.15. The second-order valence-corrected chi connectivity index (χ2v) is 6.28. The molecule has 21 heavy (non-hydrogen) atoms. The third-order valence-electron chi connectivity index (χ3n) is 4.75. The standard InChI is InChI=1S/C18H26N2O/c21-18(11-15-19-12-5-1-2-6-13-19)20-14-7-9-16-8-3-4-10-17(16)20/h3-4,8,10H,1-2,5-7,9,11-15H2. The molecule has 1 fully saturated rings. The van der Waals surface area contributed by atoms with Gasteiger partial charge in [0, 0.05) is 25.2 Å². The minimum Gasteiger partial charge on any atom is -0.312 e. The number of carbonyl (C=O) groups is 1. The van der Waals surface area contributed by atoms with E-state index in [-0.39, 0.29) is 0 Å². The van der Waals surface area contributed by atoms with E-state index in [9.17, 15) is 4.79 Å². The molecule has 1 amide bonds. The Hall–Kier alpha value is -1.35. The summed E-state index contributed by atoms with van der Waals surface area (Å²) in [5.74, 6) is 0.298. The van der Waals surface area contributed by atoms with Crippen LogP contribution in [0.4, 0.5) is 5.69 Å². The van der Waals surface area contributed by atoms with Crippen molar-refractivity contribution in [1.82, 2.24) is 4.90 Å². The summed E-state index contributed by atoms with van der Waals surface area (Å²) < 4.78 is 0.